The monoisotopic (exact) mass is 308 g/mol. The molecule has 0 unspecified atom stereocenters. The van der Waals surface area contributed by atoms with Crippen LogP contribution in [0.3, 0.4) is 0 Å². The Hall–Kier alpha value is 2.17. The van der Waals surface area contributed by atoms with Gasteiger partial charge in [0.25, 0.3) is 0 Å². The second-order valence-corrected chi connectivity index (χ2v) is 21.3. The highest BCUT2D eigenvalue weighted by Crippen LogP contribution is 2.56. The molecular formula is C3H6Cl6Si2. The minimum absolute atomic E-state index is 0.755. The first-order valence-electron chi connectivity index (χ1n) is 2.63. The molecule has 0 aliphatic rings. The molecule has 0 saturated carbocycles. The van der Waals surface area contributed by atoms with E-state index < -0.39 is 16.7 Å². The normalized spacial score (nSPS) is 15.3. The van der Waals surface area contributed by atoms with Gasteiger partial charge in [0.15, 0.2) is 0 Å². The average Bonchev–Trinajstić information content (AvgIpc) is 1.58. The van der Waals surface area contributed by atoms with Crippen molar-refractivity contribution in [2.75, 3.05) is 0 Å². The van der Waals surface area contributed by atoms with Gasteiger partial charge in [-0.25, -0.2) is 0 Å². The van der Waals surface area contributed by atoms with Crippen molar-refractivity contribution in [1.29, 1.82) is 0 Å². The van der Waals surface area contributed by atoms with Gasteiger partial charge in [0.2, 0.25) is 0 Å². The second kappa shape index (κ2) is 3.73. The fourth-order valence-corrected chi connectivity index (χ4v) is 13.0. The van der Waals surface area contributed by atoms with E-state index in [4.69, 9.17) is 66.5 Å². The van der Waals surface area contributed by atoms with E-state index in [2.05, 4.69) is 0 Å². The molecule has 0 aliphatic heterocycles. The van der Waals surface area contributed by atoms with Crippen LogP contribution in [0.5, 0.6) is 0 Å². The molecule has 0 nitrogen and oxygen atoms in total. The number of hydrogen-bond donors (Lipinski definition) is 0. The molecular weight excluding hydrogens is 305 g/mol. The molecule has 0 spiro atoms. The Morgan fingerprint density at radius 3 is 0.909 bits per heavy atom. The van der Waals surface area contributed by atoms with Gasteiger partial charge in [0.1, 0.15) is 0 Å². The Morgan fingerprint density at radius 2 is 0.909 bits per heavy atom. The van der Waals surface area contributed by atoms with Crippen molar-refractivity contribution < 1.29 is 0 Å². The van der Waals surface area contributed by atoms with Gasteiger partial charge >= 0.3 is 12.0 Å². The van der Waals surface area contributed by atoms with Crippen molar-refractivity contribution in [1.82, 2.24) is 0 Å². The highest BCUT2D eigenvalue weighted by molar-refractivity contribution is 7.76. The highest BCUT2D eigenvalue weighted by atomic mass is 35.8. The van der Waals surface area contributed by atoms with Gasteiger partial charge in [-0.2, -0.15) is 0 Å². The van der Waals surface area contributed by atoms with Crippen molar-refractivity contribution in [2.24, 2.45) is 0 Å². The molecule has 0 fully saturated rings. The van der Waals surface area contributed by atoms with E-state index in [1.54, 1.807) is 13.8 Å². The van der Waals surface area contributed by atoms with Crippen molar-refractivity contribution >= 4 is 78.5 Å². The Morgan fingerprint density at radius 1 is 0.727 bits per heavy atom. The Kier molecular flexibility index (Phi) is 4.47. The topological polar surface area (TPSA) is 0 Å². The largest absolute Gasteiger partial charge is 0.347 e. The van der Waals surface area contributed by atoms with Gasteiger partial charge in [-0.1, -0.05) is 13.8 Å². The van der Waals surface area contributed by atoms with Crippen molar-refractivity contribution in [3.8, 4) is 0 Å². The molecule has 0 N–H and O–H groups in total. The van der Waals surface area contributed by atoms with Gasteiger partial charge in [-0.3, -0.25) is 0 Å². The summed E-state index contributed by atoms with van der Waals surface area (Å²) in [6, 6.07) is -5.88. The maximum atomic E-state index is 5.76. The lowest BCUT2D eigenvalue weighted by Crippen LogP contribution is -2.42. The zero-order chi connectivity index (χ0) is 9.50. The molecule has 0 bridgehead atoms. The fraction of sp³-hybridized carbons (Fsp3) is 1.00. The Balaban J connectivity index is 4.75. The fourth-order valence-electron chi connectivity index (χ4n) is 0.161. The molecule has 0 aromatic heterocycles. The van der Waals surface area contributed by atoms with Crippen LogP contribution in [0.1, 0.15) is 13.8 Å². The molecule has 0 aliphatic carbocycles. The lowest BCUT2D eigenvalue weighted by atomic mass is 10.5. The molecule has 0 rings (SSSR count). The first-order chi connectivity index (χ1) is 4.50. The summed E-state index contributed by atoms with van der Waals surface area (Å²) in [6.45, 7) is 3.37. The van der Waals surface area contributed by atoms with Crippen LogP contribution in [0.15, 0.2) is 0 Å². The van der Waals surface area contributed by atoms with Crippen molar-refractivity contribution in [3.63, 3.8) is 0 Å². The van der Waals surface area contributed by atoms with Crippen LogP contribution in [-0.2, 0) is 0 Å². The van der Waals surface area contributed by atoms with E-state index >= 15 is 0 Å². The molecule has 0 amide bonds. The number of halogens is 6. The van der Waals surface area contributed by atoms with Gasteiger partial charge in [-0.05, 0) is 0 Å². The summed E-state index contributed by atoms with van der Waals surface area (Å²) in [5.41, 5.74) is 0. The molecule has 0 aromatic carbocycles. The Bertz CT molecular complexity index is 127. The lowest BCUT2D eigenvalue weighted by Gasteiger charge is -2.34. The molecule has 11 heavy (non-hydrogen) atoms. The first kappa shape index (κ1) is 13.2. The smallest absolute Gasteiger partial charge is 0.126 e. The summed E-state index contributed by atoms with van der Waals surface area (Å²) in [7, 11) is 0. The van der Waals surface area contributed by atoms with E-state index in [0.29, 0.717) is 0 Å². The molecule has 0 saturated heterocycles. The third kappa shape index (κ3) is 3.10. The molecule has 0 atom stereocenters. The van der Waals surface area contributed by atoms with E-state index in [9.17, 15) is 0 Å². The second-order valence-electron chi connectivity index (χ2n) is 2.62. The predicted molar refractivity (Wildman–Crippen MR) is 60.7 cm³/mol. The van der Waals surface area contributed by atoms with Crippen molar-refractivity contribution in [3.05, 3.63) is 0 Å². The third-order valence-corrected chi connectivity index (χ3v) is 17.9. The SMILES string of the molecule is CC(C)([Si](Cl)(Cl)Cl)[Si](Cl)(Cl)Cl. The quantitative estimate of drug-likeness (QED) is 0.516. The van der Waals surface area contributed by atoms with Gasteiger partial charge < -0.3 is 0 Å². The molecule has 68 valence electrons. The van der Waals surface area contributed by atoms with Crippen molar-refractivity contribution in [2.45, 2.75) is 18.5 Å². The van der Waals surface area contributed by atoms with Crippen LogP contribution in [0.25, 0.3) is 0 Å². The van der Waals surface area contributed by atoms with E-state index in [1.807, 2.05) is 0 Å². The van der Waals surface area contributed by atoms with Crippen LogP contribution in [-0.4, -0.2) is 12.0 Å². The van der Waals surface area contributed by atoms with E-state index in [1.165, 1.54) is 0 Å². The maximum Gasteiger partial charge on any atom is 0.347 e. The lowest BCUT2D eigenvalue weighted by molar-refractivity contribution is 0.940. The summed E-state index contributed by atoms with van der Waals surface area (Å²) >= 11 is 34.6. The summed E-state index contributed by atoms with van der Waals surface area (Å²) in [6.07, 6.45) is 0. The average molecular weight is 311 g/mol. The Labute approximate surface area is 96.3 Å². The first-order valence-corrected chi connectivity index (χ1v) is 12.7. The summed E-state index contributed by atoms with van der Waals surface area (Å²) in [5, 5.41) is 0. The molecule has 0 aromatic rings. The zero-order valence-electron chi connectivity index (χ0n) is 5.77. The minimum atomic E-state index is -2.94. The van der Waals surface area contributed by atoms with Crippen LogP contribution < -0.4 is 0 Å². The van der Waals surface area contributed by atoms with Crippen LogP contribution in [0.2, 0.25) is 4.66 Å². The minimum Gasteiger partial charge on any atom is -0.126 e. The summed E-state index contributed by atoms with van der Waals surface area (Å²) in [5.74, 6) is 0. The van der Waals surface area contributed by atoms with Crippen LogP contribution >= 0.6 is 66.5 Å². The molecule has 0 radical (unpaired) electrons. The standard InChI is InChI=1S/C3H6Cl6Si2/c1-3(2,10(4,5)6)11(7,8)9/h1-2H3. The van der Waals surface area contributed by atoms with E-state index in [0.717, 1.165) is 0 Å². The molecule has 0 heterocycles. The highest BCUT2D eigenvalue weighted by Gasteiger charge is 2.58. The maximum absolute atomic E-state index is 5.76. The van der Waals surface area contributed by atoms with Gasteiger partial charge in [0, 0.05) is 4.66 Å². The predicted octanol–water partition coefficient (Wildman–Crippen LogP) is 4.62. The molecule has 8 heteroatoms. The van der Waals surface area contributed by atoms with Crippen LogP contribution in [0, 0.1) is 0 Å². The van der Waals surface area contributed by atoms with E-state index in [-0.39, 0.29) is 0 Å². The summed E-state index contributed by atoms with van der Waals surface area (Å²) < 4.78 is -0.755. The number of rotatable bonds is 2. The zero-order valence-corrected chi connectivity index (χ0v) is 12.3. The van der Waals surface area contributed by atoms with Gasteiger partial charge in [-0.15, -0.1) is 66.5 Å². The van der Waals surface area contributed by atoms with Gasteiger partial charge in [0.05, 0.1) is 0 Å². The number of hydrogen-bond acceptors (Lipinski definition) is 0. The summed E-state index contributed by atoms with van der Waals surface area (Å²) in [4.78, 5) is 0. The van der Waals surface area contributed by atoms with Crippen LogP contribution in [0.4, 0.5) is 0 Å². The third-order valence-electron chi connectivity index (χ3n) is 1.42.